The Hall–Kier alpha value is -1.69. The van der Waals surface area contributed by atoms with Crippen molar-refractivity contribution in [3.05, 3.63) is 17.8 Å². The smallest absolute Gasteiger partial charge is 0.338 e. The average Bonchev–Trinajstić information content (AvgIpc) is 2.43. The molecule has 0 saturated carbocycles. The predicted molar refractivity (Wildman–Crippen MR) is 48.8 cm³/mol. The van der Waals surface area contributed by atoms with E-state index < -0.39 is 5.97 Å². The van der Waals surface area contributed by atoms with Gasteiger partial charge in [0.2, 0.25) is 0 Å². The first kappa shape index (κ1) is 7.93. The van der Waals surface area contributed by atoms with Crippen molar-refractivity contribution in [3.63, 3.8) is 0 Å². The van der Waals surface area contributed by atoms with E-state index in [1.807, 2.05) is 0 Å². The van der Waals surface area contributed by atoms with Gasteiger partial charge in [-0.3, -0.25) is 0 Å². The number of hydrogen-bond acceptors (Lipinski definition) is 5. The van der Waals surface area contributed by atoms with Gasteiger partial charge in [0.15, 0.2) is 5.13 Å². The summed E-state index contributed by atoms with van der Waals surface area (Å²) in [5.74, 6) is -1.02. The molecule has 0 fully saturated rings. The van der Waals surface area contributed by atoms with E-state index in [2.05, 4.69) is 9.97 Å². The summed E-state index contributed by atoms with van der Waals surface area (Å²) in [7, 11) is 0. The Morgan fingerprint density at radius 1 is 1.62 bits per heavy atom. The molecule has 2 aromatic rings. The highest BCUT2D eigenvalue weighted by Gasteiger charge is 2.12. The van der Waals surface area contributed by atoms with Gasteiger partial charge in [-0.15, -0.1) is 0 Å². The first-order valence-electron chi connectivity index (χ1n) is 3.43. The van der Waals surface area contributed by atoms with Gasteiger partial charge >= 0.3 is 5.97 Å². The summed E-state index contributed by atoms with van der Waals surface area (Å²) in [5.41, 5.74) is 5.93. The number of aromatic nitrogens is 2. The van der Waals surface area contributed by atoms with Crippen molar-refractivity contribution in [1.82, 2.24) is 9.97 Å². The van der Waals surface area contributed by atoms with Crippen LogP contribution in [0.2, 0.25) is 0 Å². The number of aromatic carboxylic acids is 1. The van der Waals surface area contributed by atoms with Crippen molar-refractivity contribution in [3.8, 4) is 0 Å². The third kappa shape index (κ3) is 1.20. The first-order valence-corrected chi connectivity index (χ1v) is 4.24. The molecule has 2 aromatic heterocycles. The van der Waals surface area contributed by atoms with Crippen LogP contribution in [0.1, 0.15) is 10.4 Å². The third-order valence-electron chi connectivity index (χ3n) is 1.54. The van der Waals surface area contributed by atoms with Gasteiger partial charge in [0.25, 0.3) is 0 Å². The van der Waals surface area contributed by atoms with E-state index in [1.165, 1.54) is 23.6 Å². The molecule has 0 bridgehead atoms. The summed E-state index contributed by atoms with van der Waals surface area (Å²) in [6.07, 6.45) is 1.43. The number of hydrogen-bond donors (Lipinski definition) is 2. The Morgan fingerprint density at radius 3 is 3.08 bits per heavy atom. The maximum atomic E-state index is 10.7. The van der Waals surface area contributed by atoms with Crippen molar-refractivity contribution in [2.45, 2.75) is 0 Å². The summed E-state index contributed by atoms with van der Waals surface area (Å²) in [5, 5.41) is 9.12. The maximum absolute atomic E-state index is 10.7. The van der Waals surface area contributed by atoms with E-state index in [4.69, 9.17) is 10.8 Å². The number of nitrogens with two attached hydrogens (primary N) is 1. The molecule has 0 radical (unpaired) electrons. The molecule has 0 saturated heterocycles. The Kier molecular flexibility index (Phi) is 1.63. The van der Waals surface area contributed by atoms with Crippen LogP contribution in [0.5, 0.6) is 0 Å². The predicted octanol–water partition coefficient (Wildman–Crippen LogP) is 0.972. The molecule has 0 aliphatic heterocycles. The summed E-state index contributed by atoms with van der Waals surface area (Å²) in [6.45, 7) is 0. The Labute approximate surface area is 76.9 Å². The van der Waals surface area contributed by atoms with Crippen LogP contribution in [0.15, 0.2) is 12.3 Å². The molecule has 2 heterocycles. The molecule has 5 nitrogen and oxygen atoms in total. The average molecular weight is 195 g/mol. The maximum Gasteiger partial charge on any atom is 0.338 e. The molecular weight excluding hydrogens is 190 g/mol. The lowest BCUT2D eigenvalue weighted by Gasteiger charge is -1.92. The van der Waals surface area contributed by atoms with Gasteiger partial charge in [0.05, 0.1) is 5.56 Å². The molecule has 2 rings (SSSR count). The van der Waals surface area contributed by atoms with Crippen LogP contribution >= 0.6 is 11.3 Å². The molecule has 0 aliphatic rings. The fraction of sp³-hybridized carbons (Fsp3) is 0. The molecular formula is C7H5N3O2S. The molecule has 13 heavy (non-hydrogen) atoms. The third-order valence-corrected chi connectivity index (χ3v) is 2.34. The van der Waals surface area contributed by atoms with Gasteiger partial charge in [0.1, 0.15) is 10.3 Å². The minimum atomic E-state index is -1.02. The number of carboxylic acids is 1. The van der Waals surface area contributed by atoms with Crippen molar-refractivity contribution in [1.29, 1.82) is 0 Å². The SMILES string of the molecule is Nc1nc2c(C(=O)O)ccnc2s1. The number of pyridine rings is 1. The number of nitrogen functional groups attached to an aromatic ring is 1. The fourth-order valence-electron chi connectivity index (χ4n) is 1.02. The highest BCUT2D eigenvalue weighted by molar-refractivity contribution is 7.21. The fourth-order valence-corrected chi connectivity index (χ4v) is 1.72. The van der Waals surface area contributed by atoms with Crippen molar-refractivity contribution in [2.75, 3.05) is 5.73 Å². The summed E-state index contributed by atoms with van der Waals surface area (Å²) >= 11 is 1.18. The monoisotopic (exact) mass is 195 g/mol. The first-order chi connectivity index (χ1) is 6.18. The summed E-state index contributed by atoms with van der Waals surface area (Å²) in [4.78, 5) is 19.1. The van der Waals surface area contributed by atoms with Gasteiger partial charge in [-0.2, -0.15) is 0 Å². The molecule has 0 atom stereocenters. The molecule has 0 aliphatic carbocycles. The Morgan fingerprint density at radius 2 is 2.38 bits per heavy atom. The Bertz CT molecular complexity index is 480. The second kappa shape index (κ2) is 2.67. The molecule has 0 amide bonds. The summed E-state index contributed by atoms with van der Waals surface area (Å²) in [6, 6.07) is 1.41. The van der Waals surface area contributed by atoms with Crippen LogP contribution in [0, 0.1) is 0 Å². The van der Waals surface area contributed by atoms with Crippen molar-refractivity contribution >= 4 is 32.8 Å². The normalized spacial score (nSPS) is 10.5. The lowest BCUT2D eigenvalue weighted by atomic mass is 10.2. The lowest BCUT2D eigenvalue weighted by Crippen LogP contribution is -1.97. The molecule has 66 valence electrons. The number of fused-ring (bicyclic) bond motifs is 1. The van der Waals surface area contributed by atoms with Gasteiger partial charge in [-0.05, 0) is 6.07 Å². The molecule has 6 heteroatoms. The topological polar surface area (TPSA) is 89.1 Å². The minimum Gasteiger partial charge on any atom is -0.478 e. The molecule has 3 N–H and O–H groups in total. The highest BCUT2D eigenvalue weighted by Crippen LogP contribution is 2.23. The van der Waals surface area contributed by atoms with Crippen molar-refractivity contribution < 1.29 is 9.90 Å². The zero-order valence-corrected chi connectivity index (χ0v) is 7.21. The number of anilines is 1. The number of carboxylic acid groups (broad SMARTS) is 1. The number of thiazole rings is 1. The van der Waals surface area contributed by atoms with Crippen LogP contribution in [0.25, 0.3) is 10.3 Å². The van der Waals surface area contributed by atoms with E-state index in [9.17, 15) is 4.79 Å². The van der Waals surface area contributed by atoms with Crippen LogP contribution in [-0.4, -0.2) is 21.0 Å². The standard InChI is InChI=1S/C7H5N3O2S/c8-7-10-4-3(6(11)12)1-2-9-5(4)13-7/h1-2H,(H2,8,10)(H,11,12). The van der Waals surface area contributed by atoms with Gasteiger partial charge in [-0.1, -0.05) is 11.3 Å². The van der Waals surface area contributed by atoms with E-state index >= 15 is 0 Å². The Balaban J connectivity index is 2.82. The van der Waals surface area contributed by atoms with Crippen LogP contribution in [-0.2, 0) is 0 Å². The number of nitrogens with zero attached hydrogens (tertiary/aromatic N) is 2. The van der Waals surface area contributed by atoms with E-state index in [-0.39, 0.29) is 5.56 Å². The lowest BCUT2D eigenvalue weighted by molar-refractivity contribution is 0.0699. The second-order valence-electron chi connectivity index (χ2n) is 2.37. The summed E-state index contributed by atoms with van der Waals surface area (Å²) < 4.78 is 0. The molecule has 0 aromatic carbocycles. The minimum absolute atomic E-state index is 0.137. The van der Waals surface area contributed by atoms with Crippen molar-refractivity contribution in [2.24, 2.45) is 0 Å². The zero-order chi connectivity index (χ0) is 9.42. The number of carbonyl (C=O) groups is 1. The highest BCUT2D eigenvalue weighted by atomic mass is 32.1. The van der Waals surface area contributed by atoms with E-state index in [0.29, 0.717) is 15.5 Å². The van der Waals surface area contributed by atoms with Crippen LogP contribution < -0.4 is 5.73 Å². The van der Waals surface area contributed by atoms with Gasteiger partial charge in [0, 0.05) is 6.20 Å². The van der Waals surface area contributed by atoms with Crippen LogP contribution in [0.3, 0.4) is 0 Å². The molecule has 0 spiro atoms. The van der Waals surface area contributed by atoms with E-state index in [1.54, 1.807) is 0 Å². The number of rotatable bonds is 1. The molecule has 0 unspecified atom stereocenters. The van der Waals surface area contributed by atoms with Gasteiger partial charge in [-0.25, -0.2) is 14.8 Å². The van der Waals surface area contributed by atoms with Crippen LogP contribution in [0.4, 0.5) is 5.13 Å². The quantitative estimate of drug-likeness (QED) is 0.707. The van der Waals surface area contributed by atoms with Gasteiger partial charge < -0.3 is 10.8 Å². The zero-order valence-electron chi connectivity index (χ0n) is 6.39. The second-order valence-corrected chi connectivity index (χ2v) is 3.38. The largest absolute Gasteiger partial charge is 0.478 e. The van der Waals surface area contributed by atoms with E-state index in [0.717, 1.165) is 0 Å².